The van der Waals surface area contributed by atoms with Gasteiger partial charge in [-0.25, -0.2) is 0 Å². The van der Waals surface area contributed by atoms with Crippen LogP contribution in [0.3, 0.4) is 0 Å². The topological polar surface area (TPSA) is 40.8 Å². The molecule has 1 heterocycles. The average molecular weight is 255 g/mol. The van der Waals surface area contributed by atoms with E-state index < -0.39 is 0 Å². The molecule has 1 aromatic carbocycles. The molecule has 0 spiro atoms. The highest BCUT2D eigenvalue weighted by molar-refractivity contribution is 5.85. The molecule has 0 atom stereocenters. The Labute approximate surface area is 114 Å². The van der Waals surface area contributed by atoms with Gasteiger partial charge in [-0.1, -0.05) is 19.9 Å². The van der Waals surface area contributed by atoms with Gasteiger partial charge in [0.2, 0.25) is 0 Å². The molecule has 1 aromatic heterocycles. The lowest BCUT2D eigenvalue weighted by Gasteiger charge is -2.15. The van der Waals surface area contributed by atoms with Crippen LogP contribution in [0.25, 0.3) is 10.9 Å². The van der Waals surface area contributed by atoms with Gasteiger partial charge in [-0.05, 0) is 31.0 Å². The third-order valence-corrected chi connectivity index (χ3v) is 3.71. The van der Waals surface area contributed by atoms with Crippen molar-refractivity contribution in [2.75, 3.05) is 6.54 Å². The molecule has 0 unspecified atom stereocenters. The van der Waals surface area contributed by atoms with E-state index in [0.717, 1.165) is 29.6 Å². The van der Waals surface area contributed by atoms with Gasteiger partial charge in [0, 0.05) is 36.2 Å². The first-order valence-electron chi connectivity index (χ1n) is 7.01. The summed E-state index contributed by atoms with van der Waals surface area (Å²) in [6, 6.07) is 10.8. The van der Waals surface area contributed by atoms with E-state index in [0.29, 0.717) is 6.04 Å². The summed E-state index contributed by atoms with van der Waals surface area (Å²) in [5.74, 6) is 0. The Balaban J connectivity index is 2.08. The standard InChI is InChI=1S/C16H21N3/c1-3-14(4-2)18-9-11-19-10-8-15-13(12-17)6-5-7-16(15)19/h5-8,10,14,18H,3-4,9,11H2,1-2H3. The van der Waals surface area contributed by atoms with Crippen LogP contribution in [0.1, 0.15) is 32.3 Å². The first-order chi connectivity index (χ1) is 9.30. The number of hydrogen-bond acceptors (Lipinski definition) is 2. The normalized spacial score (nSPS) is 11.1. The summed E-state index contributed by atoms with van der Waals surface area (Å²) in [7, 11) is 0. The second-order valence-electron chi connectivity index (χ2n) is 4.83. The number of rotatable bonds is 6. The summed E-state index contributed by atoms with van der Waals surface area (Å²) in [6.45, 7) is 6.33. The fraction of sp³-hybridized carbons (Fsp3) is 0.438. The van der Waals surface area contributed by atoms with Crippen LogP contribution in [-0.2, 0) is 6.54 Å². The van der Waals surface area contributed by atoms with Crippen molar-refractivity contribution in [3.05, 3.63) is 36.0 Å². The lowest BCUT2D eigenvalue weighted by atomic mass is 10.1. The Morgan fingerprint density at radius 1 is 1.26 bits per heavy atom. The van der Waals surface area contributed by atoms with E-state index >= 15 is 0 Å². The summed E-state index contributed by atoms with van der Waals surface area (Å²) >= 11 is 0. The van der Waals surface area contributed by atoms with Crippen LogP contribution in [0.5, 0.6) is 0 Å². The number of nitrogens with one attached hydrogen (secondary N) is 1. The van der Waals surface area contributed by atoms with Crippen LogP contribution in [0.2, 0.25) is 0 Å². The molecule has 0 bridgehead atoms. The minimum atomic E-state index is 0.608. The van der Waals surface area contributed by atoms with Crippen molar-refractivity contribution in [1.82, 2.24) is 9.88 Å². The monoisotopic (exact) mass is 255 g/mol. The van der Waals surface area contributed by atoms with Crippen molar-refractivity contribution in [3.63, 3.8) is 0 Å². The maximum Gasteiger partial charge on any atom is 0.0998 e. The van der Waals surface area contributed by atoms with Crippen molar-refractivity contribution < 1.29 is 0 Å². The van der Waals surface area contributed by atoms with Crippen molar-refractivity contribution in [1.29, 1.82) is 5.26 Å². The highest BCUT2D eigenvalue weighted by Gasteiger charge is 2.06. The maximum absolute atomic E-state index is 9.09. The molecule has 2 aromatic rings. The zero-order chi connectivity index (χ0) is 13.7. The number of benzene rings is 1. The van der Waals surface area contributed by atoms with Crippen LogP contribution < -0.4 is 5.32 Å². The lowest BCUT2D eigenvalue weighted by Crippen LogP contribution is -2.30. The molecule has 0 fully saturated rings. The molecule has 0 aliphatic carbocycles. The van der Waals surface area contributed by atoms with Gasteiger partial charge in [0.15, 0.2) is 0 Å². The third-order valence-electron chi connectivity index (χ3n) is 3.71. The zero-order valence-electron chi connectivity index (χ0n) is 11.7. The van der Waals surface area contributed by atoms with Gasteiger partial charge in [0.25, 0.3) is 0 Å². The molecule has 0 saturated heterocycles. The molecule has 3 heteroatoms. The van der Waals surface area contributed by atoms with E-state index in [9.17, 15) is 0 Å². The second-order valence-corrected chi connectivity index (χ2v) is 4.83. The molecular weight excluding hydrogens is 234 g/mol. The van der Waals surface area contributed by atoms with E-state index in [1.165, 1.54) is 12.8 Å². The summed E-state index contributed by atoms with van der Waals surface area (Å²) in [5.41, 5.74) is 1.90. The van der Waals surface area contributed by atoms with Crippen molar-refractivity contribution in [3.8, 4) is 6.07 Å². The minimum absolute atomic E-state index is 0.608. The molecule has 3 nitrogen and oxygen atoms in total. The van der Waals surface area contributed by atoms with E-state index in [2.05, 4.69) is 42.1 Å². The highest BCUT2D eigenvalue weighted by atomic mass is 15.0. The molecule has 2 rings (SSSR count). The average Bonchev–Trinajstić information content (AvgIpc) is 2.87. The number of nitriles is 1. The summed E-state index contributed by atoms with van der Waals surface area (Å²) in [4.78, 5) is 0. The van der Waals surface area contributed by atoms with Crippen LogP contribution in [0.4, 0.5) is 0 Å². The molecule has 0 aliphatic heterocycles. The van der Waals surface area contributed by atoms with Gasteiger partial charge in [0.1, 0.15) is 0 Å². The molecular formula is C16H21N3. The third kappa shape index (κ3) is 2.97. The molecule has 1 N–H and O–H groups in total. The van der Waals surface area contributed by atoms with E-state index in [-0.39, 0.29) is 0 Å². The SMILES string of the molecule is CCC(CC)NCCn1ccc2c(C#N)cccc21. The Bertz CT molecular complexity index is 573. The van der Waals surface area contributed by atoms with Gasteiger partial charge in [-0.15, -0.1) is 0 Å². The first-order valence-corrected chi connectivity index (χ1v) is 7.01. The number of nitrogens with zero attached hydrogens (tertiary/aromatic N) is 2. The largest absolute Gasteiger partial charge is 0.346 e. The van der Waals surface area contributed by atoms with Crippen molar-refractivity contribution >= 4 is 10.9 Å². The van der Waals surface area contributed by atoms with Gasteiger partial charge in [-0.3, -0.25) is 0 Å². The van der Waals surface area contributed by atoms with Gasteiger partial charge < -0.3 is 9.88 Å². The van der Waals surface area contributed by atoms with Crippen molar-refractivity contribution in [2.45, 2.75) is 39.3 Å². The number of fused-ring (bicyclic) bond motifs is 1. The fourth-order valence-corrected chi connectivity index (χ4v) is 2.48. The first kappa shape index (κ1) is 13.6. The predicted molar refractivity (Wildman–Crippen MR) is 79.0 cm³/mol. The summed E-state index contributed by atoms with van der Waals surface area (Å²) in [6.07, 6.45) is 4.41. The fourth-order valence-electron chi connectivity index (χ4n) is 2.48. The summed E-state index contributed by atoms with van der Waals surface area (Å²) < 4.78 is 2.21. The second kappa shape index (κ2) is 6.40. The van der Waals surface area contributed by atoms with Gasteiger partial charge in [0.05, 0.1) is 11.6 Å². The Kier molecular flexibility index (Phi) is 4.59. The highest BCUT2D eigenvalue weighted by Crippen LogP contribution is 2.19. The Morgan fingerprint density at radius 2 is 2.05 bits per heavy atom. The number of aromatic nitrogens is 1. The smallest absolute Gasteiger partial charge is 0.0998 e. The predicted octanol–water partition coefficient (Wildman–Crippen LogP) is 3.29. The molecule has 0 saturated carbocycles. The lowest BCUT2D eigenvalue weighted by molar-refractivity contribution is 0.468. The van der Waals surface area contributed by atoms with Crippen LogP contribution in [-0.4, -0.2) is 17.2 Å². The van der Waals surface area contributed by atoms with Crippen molar-refractivity contribution in [2.24, 2.45) is 0 Å². The molecule has 100 valence electrons. The van der Waals surface area contributed by atoms with Crippen LogP contribution in [0.15, 0.2) is 30.5 Å². The molecule has 0 radical (unpaired) electrons. The number of hydrogen-bond donors (Lipinski definition) is 1. The molecule has 0 amide bonds. The summed E-state index contributed by atoms with van der Waals surface area (Å²) in [5, 5.41) is 13.7. The molecule has 19 heavy (non-hydrogen) atoms. The zero-order valence-corrected chi connectivity index (χ0v) is 11.7. The van der Waals surface area contributed by atoms with Crippen LogP contribution in [0, 0.1) is 11.3 Å². The van der Waals surface area contributed by atoms with E-state index in [1.807, 2.05) is 18.2 Å². The molecule has 0 aliphatic rings. The van der Waals surface area contributed by atoms with Crippen LogP contribution >= 0.6 is 0 Å². The maximum atomic E-state index is 9.09. The van der Waals surface area contributed by atoms with Gasteiger partial charge in [-0.2, -0.15) is 5.26 Å². The minimum Gasteiger partial charge on any atom is -0.346 e. The van der Waals surface area contributed by atoms with E-state index in [4.69, 9.17) is 5.26 Å². The Morgan fingerprint density at radius 3 is 2.74 bits per heavy atom. The quantitative estimate of drug-likeness (QED) is 0.860. The van der Waals surface area contributed by atoms with E-state index in [1.54, 1.807) is 0 Å². The van der Waals surface area contributed by atoms with Gasteiger partial charge >= 0.3 is 0 Å². The Hall–Kier alpha value is -1.79.